The maximum atomic E-state index is 12.7. The van der Waals surface area contributed by atoms with Crippen molar-refractivity contribution in [3.63, 3.8) is 0 Å². The third-order valence-corrected chi connectivity index (χ3v) is 5.85. The van der Waals surface area contributed by atoms with Gasteiger partial charge in [-0.05, 0) is 48.9 Å². The number of rotatable bonds is 8. The molecule has 0 saturated carbocycles. The van der Waals surface area contributed by atoms with Gasteiger partial charge >= 0.3 is 0 Å². The maximum absolute atomic E-state index is 12.7. The molecule has 1 fully saturated rings. The first-order chi connectivity index (χ1) is 15.6. The van der Waals surface area contributed by atoms with E-state index in [9.17, 15) is 4.79 Å². The Kier molecular flexibility index (Phi) is 7.45. The second kappa shape index (κ2) is 10.7. The van der Waals surface area contributed by atoms with Crippen molar-refractivity contribution >= 4 is 17.5 Å². The van der Waals surface area contributed by atoms with Crippen LogP contribution in [0.5, 0.6) is 5.75 Å². The fraction of sp³-hybridized carbons (Fsp3) is 0.360. The normalized spacial score (nSPS) is 14.5. The van der Waals surface area contributed by atoms with Crippen LogP contribution in [0.3, 0.4) is 0 Å². The fourth-order valence-corrected chi connectivity index (χ4v) is 3.94. The van der Waals surface area contributed by atoms with Crippen LogP contribution >= 0.6 is 11.6 Å². The largest absolute Gasteiger partial charge is 0.494 e. The summed E-state index contributed by atoms with van der Waals surface area (Å²) in [4.78, 5) is 21.3. The molecule has 0 bridgehead atoms. The predicted molar refractivity (Wildman–Crippen MR) is 125 cm³/mol. The molecule has 3 aromatic rings. The van der Waals surface area contributed by atoms with Gasteiger partial charge in [-0.15, -0.1) is 0 Å². The smallest absolute Gasteiger partial charge is 0.223 e. The van der Waals surface area contributed by atoms with Gasteiger partial charge in [0, 0.05) is 56.2 Å². The molecule has 7 heteroatoms. The van der Waals surface area contributed by atoms with Crippen LogP contribution in [0.25, 0.3) is 11.3 Å². The first-order valence-corrected chi connectivity index (χ1v) is 11.4. The summed E-state index contributed by atoms with van der Waals surface area (Å²) < 4.78 is 11.3. The van der Waals surface area contributed by atoms with E-state index in [2.05, 4.69) is 22.0 Å². The zero-order valence-electron chi connectivity index (χ0n) is 18.3. The summed E-state index contributed by atoms with van der Waals surface area (Å²) in [6, 6.07) is 15.7. The molecule has 0 N–H and O–H groups in total. The van der Waals surface area contributed by atoms with Crippen LogP contribution in [-0.4, -0.2) is 53.5 Å². The number of oxazole rings is 1. The number of piperazine rings is 1. The Bertz CT molecular complexity index is 1010. The molecule has 0 radical (unpaired) electrons. The molecular formula is C25H28ClN3O3. The van der Waals surface area contributed by atoms with Crippen LogP contribution < -0.4 is 4.74 Å². The molecule has 1 aliphatic rings. The Hall–Kier alpha value is -2.83. The van der Waals surface area contributed by atoms with Crippen LogP contribution in [0.1, 0.15) is 24.8 Å². The van der Waals surface area contributed by atoms with E-state index in [0.29, 0.717) is 36.1 Å². The summed E-state index contributed by atoms with van der Waals surface area (Å²) in [5.41, 5.74) is 2.18. The molecule has 32 heavy (non-hydrogen) atoms. The quantitative estimate of drug-likeness (QED) is 0.496. The van der Waals surface area contributed by atoms with Crippen LogP contribution in [0.15, 0.2) is 59.1 Å². The molecule has 168 valence electrons. The second-order valence-corrected chi connectivity index (χ2v) is 8.30. The van der Waals surface area contributed by atoms with Crippen LogP contribution in [0, 0.1) is 0 Å². The Morgan fingerprint density at radius 3 is 2.47 bits per heavy atom. The van der Waals surface area contributed by atoms with Crippen molar-refractivity contribution in [1.29, 1.82) is 0 Å². The second-order valence-electron chi connectivity index (χ2n) is 7.86. The molecule has 2 heterocycles. The minimum Gasteiger partial charge on any atom is -0.494 e. The standard InChI is InChI=1S/C25H28ClN3O3/c1-2-31-22-9-3-19(4-10-22)18-28-13-15-29(16-14-28)25(30)12-11-24-27-17-23(32-24)20-5-7-21(26)8-6-20/h3-10,17H,2,11-16,18H2,1H3. The number of hydrogen-bond donors (Lipinski definition) is 0. The lowest BCUT2D eigenvalue weighted by Gasteiger charge is -2.34. The van der Waals surface area contributed by atoms with Crippen molar-refractivity contribution in [2.75, 3.05) is 32.8 Å². The van der Waals surface area contributed by atoms with E-state index in [1.165, 1.54) is 5.56 Å². The lowest BCUT2D eigenvalue weighted by Crippen LogP contribution is -2.48. The highest BCUT2D eigenvalue weighted by molar-refractivity contribution is 6.30. The third kappa shape index (κ3) is 5.90. The van der Waals surface area contributed by atoms with E-state index in [-0.39, 0.29) is 5.91 Å². The van der Waals surface area contributed by atoms with Gasteiger partial charge in [-0.3, -0.25) is 9.69 Å². The van der Waals surface area contributed by atoms with Gasteiger partial charge in [0.25, 0.3) is 0 Å². The van der Waals surface area contributed by atoms with Gasteiger partial charge in [0.1, 0.15) is 5.75 Å². The van der Waals surface area contributed by atoms with E-state index in [1.54, 1.807) is 6.20 Å². The first-order valence-electron chi connectivity index (χ1n) is 11.0. The highest BCUT2D eigenvalue weighted by Gasteiger charge is 2.21. The lowest BCUT2D eigenvalue weighted by molar-refractivity contribution is -0.133. The van der Waals surface area contributed by atoms with Crippen molar-refractivity contribution in [2.24, 2.45) is 0 Å². The molecule has 4 rings (SSSR count). The summed E-state index contributed by atoms with van der Waals surface area (Å²) in [6.07, 6.45) is 2.60. The number of carbonyl (C=O) groups is 1. The minimum absolute atomic E-state index is 0.150. The number of ether oxygens (including phenoxy) is 1. The molecule has 1 amide bonds. The Labute approximate surface area is 193 Å². The average molecular weight is 454 g/mol. The summed E-state index contributed by atoms with van der Waals surface area (Å²) in [5.74, 6) is 2.32. The highest BCUT2D eigenvalue weighted by atomic mass is 35.5. The predicted octanol–water partition coefficient (Wildman–Crippen LogP) is 4.67. The summed E-state index contributed by atoms with van der Waals surface area (Å²) in [6.45, 7) is 6.79. The molecule has 0 spiro atoms. The van der Waals surface area contributed by atoms with Crippen LogP contribution in [-0.2, 0) is 17.8 Å². The maximum Gasteiger partial charge on any atom is 0.223 e. The van der Waals surface area contributed by atoms with Crippen molar-refractivity contribution < 1.29 is 13.9 Å². The van der Waals surface area contributed by atoms with Crippen molar-refractivity contribution in [2.45, 2.75) is 26.3 Å². The van der Waals surface area contributed by atoms with Crippen molar-refractivity contribution in [1.82, 2.24) is 14.8 Å². The summed E-state index contributed by atoms with van der Waals surface area (Å²) in [7, 11) is 0. The SMILES string of the molecule is CCOc1ccc(CN2CCN(C(=O)CCc3ncc(-c4ccc(Cl)cc4)o3)CC2)cc1. The number of benzene rings is 2. The number of aryl methyl sites for hydroxylation is 1. The van der Waals surface area contributed by atoms with Crippen molar-refractivity contribution in [3.8, 4) is 17.1 Å². The molecule has 6 nitrogen and oxygen atoms in total. The van der Waals surface area contributed by atoms with E-state index in [1.807, 2.05) is 48.2 Å². The van der Waals surface area contributed by atoms with E-state index in [4.69, 9.17) is 20.8 Å². The third-order valence-electron chi connectivity index (χ3n) is 5.60. The average Bonchev–Trinajstić information content (AvgIpc) is 3.29. The number of amides is 1. The Morgan fingerprint density at radius 1 is 1.06 bits per heavy atom. The van der Waals surface area contributed by atoms with Gasteiger partial charge in [0.15, 0.2) is 11.7 Å². The summed E-state index contributed by atoms with van der Waals surface area (Å²) in [5, 5.41) is 0.679. The van der Waals surface area contributed by atoms with Crippen LogP contribution in [0.2, 0.25) is 5.02 Å². The molecule has 0 aliphatic carbocycles. The number of halogens is 1. The zero-order valence-corrected chi connectivity index (χ0v) is 19.1. The number of nitrogens with zero attached hydrogens (tertiary/aromatic N) is 3. The van der Waals surface area contributed by atoms with Gasteiger partial charge in [-0.1, -0.05) is 23.7 Å². The molecule has 1 saturated heterocycles. The number of carbonyl (C=O) groups excluding carboxylic acids is 1. The Morgan fingerprint density at radius 2 is 1.78 bits per heavy atom. The fourth-order valence-electron chi connectivity index (χ4n) is 3.82. The van der Waals surface area contributed by atoms with Gasteiger partial charge in [0.05, 0.1) is 12.8 Å². The molecule has 1 aliphatic heterocycles. The van der Waals surface area contributed by atoms with E-state index < -0.39 is 0 Å². The Balaban J connectivity index is 1.21. The van der Waals surface area contributed by atoms with Gasteiger partial charge in [-0.2, -0.15) is 0 Å². The highest BCUT2D eigenvalue weighted by Crippen LogP contribution is 2.23. The molecule has 2 aromatic carbocycles. The monoisotopic (exact) mass is 453 g/mol. The summed E-state index contributed by atoms with van der Waals surface area (Å²) >= 11 is 5.93. The van der Waals surface area contributed by atoms with E-state index in [0.717, 1.165) is 44.0 Å². The lowest BCUT2D eigenvalue weighted by atomic mass is 10.2. The molecular weight excluding hydrogens is 426 g/mol. The van der Waals surface area contributed by atoms with Crippen LogP contribution in [0.4, 0.5) is 0 Å². The molecule has 1 aromatic heterocycles. The molecule has 0 unspecified atom stereocenters. The van der Waals surface area contributed by atoms with Gasteiger partial charge in [-0.25, -0.2) is 4.98 Å². The topological polar surface area (TPSA) is 58.8 Å². The van der Waals surface area contributed by atoms with Gasteiger partial charge < -0.3 is 14.1 Å². The zero-order chi connectivity index (χ0) is 22.3. The number of hydrogen-bond acceptors (Lipinski definition) is 5. The van der Waals surface area contributed by atoms with E-state index >= 15 is 0 Å². The minimum atomic E-state index is 0.150. The molecule has 0 atom stereocenters. The first kappa shape index (κ1) is 22.4. The van der Waals surface area contributed by atoms with Crippen molar-refractivity contribution in [3.05, 3.63) is 71.2 Å². The van der Waals surface area contributed by atoms with Gasteiger partial charge in [0.2, 0.25) is 5.91 Å². The number of aromatic nitrogens is 1.